The summed E-state index contributed by atoms with van der Waals surface area (Å²) < 4.78 is 0. The lowest BCUT2D eigenvalue weighted by atomic mass is 9.71. The number of hydrogen-bond donors (Lipinski definition) is 2. The van der Waals surface area contributed by atoms with Crippen LogP contribution in [0.25, 0.3) is 0 Å². The number of hydrogen-bond acceptors (Lipinski definition) is 2. The molecule has 1 rings (SSSR count). The van der Waals surface area contributed by atoms with Gasteiger partial charge in [0.1, 0.15) is 0 Å². The van der Waals surface area contributed by atoms with Crippen molar-refractivity contribution in [3.8, 4) is 0 Å². The Morgan fingerprint density at radius 1 is 1.67 bits per heavy atom. The van der Waals surface area contributed by atoms with Crippen molar-refractivity contribution in [3.63, 3.8) is 0 Å². The van der Waals surface area contributed by atoms with Crippen LogP contribution in [0.1, 0.15) is 39.0 Å². The summed E-state index contributed by atoms with van der Waals surface area (Å²) in [6.45, 7) is 1.88. The van der Waals surface area contributed by atoms with Crippen LogP contribution < -0.4 is 0 Å². The first kappa shape index (κ1) is 9.52. The highest BCUT2D eigenvalue weighted by molar-refractivity contribution is 5.74. The monoisotopic (exact) mass is 172 g/mol. The maximum Gasteiger partial charge on any atom is 0.309 e. The van der Waals surface area contributed by atoms with Gasteiger partial charge in [-0.3, -0.25) is 4.79 Å². The molecule has 0 aliphatic heterocycles. The number of carboxylic acids is 1. The molecule has 2 atom stereocenters. The summed E-state index contributed by atoms with van der Waals surface area (Å²) >= 11 is 0. The molecule has 3 nitrogen and oxygen atoms in total. The van der Waals surface area contributed by atoms with Crippen molar-refractivity contribution in [2.45, 2.75) is 45.1 Å². The molecule has 0 spiro atoms. The lowest BCUT2D eigenvalue weighted by molar-refractivity contribution is -0.153. The van der Waals surface area contributed by atoms with Crippen molar-refractivity contribution in [2.24, 2.45) is 5.41 Å². The molecule has 1 aliphatic carbocycles. The molecular formula is C9H16O3. The largest absolute Gasteiger partial charge is 0.481 e. The topological polar surface area (TPSA) is 57.5 Å². The van der Waals surface area contributed by atoms with Crippen molar-refractivity contribution in [3.05, 3.63) is 0 Å². The van der Waals surface area contributed by atoms with Crippen LogP contribution in [0.4, 0.5) is 0 Å². The highest BCUT2D eigenvalue weighted by atomic mass is 16.4. The van der Waals surface area contributed by atoms with Gasteiger partial charge in [-0.2, -0.15) is 0 Å². The van der Waals surface area contributed by atoms with Crippen LogP contribution in [0.15, 0.2) is 0 Å². The number of aliphatic carboxylic acids is 1. The van der Waals surface area contributed by atoms with Gasteiger partial charge in [0.15, 0.2) is 0 Å². The van der Waals surface area contributed by atoms with Gasteiger partial charge in [-0.1, -0.05) is 6.92 Å². The number of carboxylic acid groups (broad SMARTS) is 1. The van der Waals surface area contributed by atoms with Crippen LogP contribution in [-0.2, 0) is 4.79 Å². The second-order valence-electron chi connectivity index (χ2n) is 3.69. The number of aliphatic hydroxyl groups is 1. The van der Waals surface area contributed by atoms with Gasteiger partial charge in [0, 0.05) is 0 Å². The second-order valence-corrected chi connectivity index (χ2v) is 3.69. The zero-order chi connectivity index (χ0) is 9.19. The van der Waals surface area contributed by atoms with Crippen LogP contribution >= 0.6 is 0 Å². The maximum absolute atomic E-state index is 10.9. The van der Waals surface area contributed by atoms with E-state index >= 15 is 0 Å². The van der Waals surface area contributed by atoms with E-state index in [0.29, 0.717) is 12.8 Å². The van der Waals surface area contributed by atoms with Crippen LogP contribution in [0.3, 0.4) is 0 Å². The Kier molecular flexibility index (Phi) is 2.73. The quantitative estimate of drug-likeness (QED) is 0.662. The predicted molar refractivity (Wildman–Crippen MR) is 44.8 cm³/mol. The van der Waals surface area contributed by atoms with Crippen molar-refractivity contribution in [1.29, 1.82) is 0 Å². The summed E-state index contributed by atoms with van der Waals surface area (Å²) in [6, 6.07) is 0. The predicted octanol–water partition coefficient (Wildman–Crippen LogP) is 1.40. The molecule has 0 radical (unpaired) electrons. The minimum atomic E-state index is -0.747. The summed E-state index contributed by atoms with van der Waals surface area (Å²) in [6.07, 6.45) is 2.96. The van der Waals surface area contributed by atoms with E-state index in [0.717, 1.165) is 19.3 Å². The molecule has 12 heavy (non-hydrogen) atoms. The zero-order valence-electron chi connectivity index (χ0n) is 7.42. The molecule has 70 valence electrons. The number of aliphatic hydroxyl groups excluding tert-OH is 1. The molecule has 0 saturated heterocycles. The molecule has 3 heteroatoms. The first-order valence-electron chi connectivity index (χ1n) is 4.52. The van der Waals surface area contributed by atoms with E-state index < -0.39 is 17.5 Å². The first-order valence-corrected chi connectivity index (χ1v) is 4.52. The molecule has 0 unspecified atom stereocenters. The first-order chi connectivity index (χ1) is 5.60. The Balaban J connectivity index is 2.71. The van der Waals surface area contributed by atoms with E-state index in [4.69, 9.17) is 5.11 Å². The third-order valence-corrected chi connectivity index (χ3v) is 2.95. The summed E-state index contributed by atoms with van der Waals surface area (Å²) in [7, 11) is 0. The van der Waals surface area contributed by atoms with E-state index in [1.165, 1.54) is 0 Å². The lowest BCUT2D eigenvalue weighted by Gasteiger charge is -2.34. The maximum atomic E-state index is 10.9. The molecule has 1 aliphatic rings. The minimum Gasteiger partial charge on any atom is -0.481 e. The van der Waals surface area contributed by atoms with Gasteiger partial charge >= 0.3 is 5.97 Å². The van der Waals surface area contributed by atoms with Crippen molar-refractivity contribution in [2.75, 3.05) is 0 Å². The van der Waals surface area contributed by atoms with Crippen molar-refractivity contribution < 1.29 is 15.0 Å². The van der Waals surface area contributed by atoms with E-state index in [9.17, 15) is 9.90 Å². The third kappa shape index (κ3) is 1.61. The van der Waals surface area contributed by atoms with Gasteiger partial charge in [0.2, 0.25) is 0 Å². The Bertz CT molecular complexity index is 179. The second kappa shape index (κ2) is 3.44. The normalized spacial score (nSPS) is 36.3. The molecule has 1 saturated carbocycles. The minimum absolute atomic E-state index is 0.408. The van der Waals surface area contributed by atoms with Crippen LogP contribution in [0.2, 0.25) is 0 Å². The number of carbonyl (C=O) groups is 1. The van der Waals surface area contributed by atoms with Crippen molar-refractivity contribution >= 4 is 5.97 Å². The Morgan fingerprint density at radius 3 is 2.67 bits per heavy atom. The molecular weight excluding hydrogens is 156 g/mol. The van der Waals surface area contributed by atoms with Gasteiger partial charge in [0.25, 0.3) is 0 Å². The summed E-state index contributed by atoms with van der Waals surface area (Å²) in [4.78, 5) is 10.9. The SMILES string of the molecule is CC[C@]1(C(=O)O)CCC[C@@H](O)C1. The molecule has 0 amide bonds. The fraction of sp³-hybridized carbons (Fsp3) is 0.889. The Morgan fingerprint density at radius 2 is 2.33 bits per heavy atom. The van der Waals surface area contributed by atoms with Crippen LogP contribution in [-0.4, -0.2) is 22.3 Å². The fourth-order valence-electron chi connectivity index (χ4n) is 2.00. The molecule has 1 fully saturated rings. The van der Waals surface area contributed by atoms with E-state index in [2.05, 4.69) is 0 Å². The Hall–Kier alpha value is -0.570. The van der Waals surface area contributed by atoms with Gasteiger partial charge in [0.05, 0.1) is 11.5 Å². The third-order valence-electron chi connectivity index (χ3n) is 2.95. The van der Waals surface area contributed by atoms with Gasteiger partial charge in [-0.05, 0) is 32.1 Å². The molecule has 0 heterocycles. The summed E-state index contributed by atoms with van der Waals surface area (Å²) in [5.41, 5.74) is -0.641. The van der Waals surface area contributed by atoms with Gasteiger partial charge in [-0.15, -0.1) is 0 Å². The van der Waals surface area contributed by atoms with Crippen LogP contribution in [0.5, 0.6) is 0 Å². The molecule has 2 N–H and O–H groups in total. The van der Waals surface area contributed by atoms with Crippen molar-refractivity contribution in [1.82, 2.24) is 0 Å². The molecule has 0 aromatic rings. The average Bonchev–Trinajstić information content (AvgIpc) is 2.04. The molecule has 0 bridgehead atoms. The molecule has 0 aromatic carbocycles. The van der Waals surface area contributed by atoms with Gasteiger partial charge < -0.3 is 10.2 Å². The number of rotatable bonds is 2. The van der Waals surface area contributed by atoms with Gasteiger partial charge in [-0.25, -0.2) is 0 Å². The summed E-state index contributed by atoms with van der Waals surface area (Å²) in [5, 5.41) is 18.4. The zero-order valence-corrected chi connectivity index (χ0v) is 7.42. The standard InChI is InChI=1S/C9H16O3/c1-2-9(8(11)12)5-3-4-7(10)6-9/h7,10H,2-6H2,1H3,(H,11,12)/t7-,9+/m1/s1. The smallest absolute Gasteiger partial charge is 0.309 e. The summed E-state index contributed by atoms with van der Waals surface area (Å²) in [5.74, 6) is -0.747. The lowest BCUT2D eigenvalue weighted by Crippen LogP contribution is -2.37. The van der Waals surface area contributed by atoms with E-state index in [1.54, 1.807) is 0 Å². The fourth-order valence-corrected chi connectivity index (χ4v) is 2.00. The highest BCUT2D eigenvalue weighted by Gasteiger charge is 2.40. The molecule has 0 aromatic heterocycles. The van der Waals surface area contributed by atoms with E-state index in [-0.39, 0.29) is 0 Å². The Labute approximate surface area is 72.4 Å². The average molecular weight is 172 g/mol. The highest BCUT2D eigenvalue weighted by Crippen LogP contribution is 2.39. The van der Waals surface area contributed by atoms with Crippen LogP contribution in [0, 0.1) is 5.41 Å². The van der Waals surface area contributed by atoms with E-state index in [1.807, 2.05) is 6.92 Å².